The fraction of sp³-hybridized carbons (Fsp3) is 0.478. The van der Waals surface area contributed by atoms with Gasteiger partial charge >= 0.3 is 17.8 Å². The minimum atomic E-state index is -0.920. The van der Waals surface area contributed by atoms with E-state index in [0.29, 0.717) is 6.42 Å². The number of hydrogen-bond acceptors (Lipinski definition) is 4. The second-order valence-electron chi connectivity index (χ2n) is 8.20. The van der Waals surface area contributed by atoms with E-state index in [1.807, 2.05) is 18.2 Å². The molecule has 1 saturated heterocycles. The van der Waals surface area contributed by atoms with Gasteiger partial charge in [-0.1, -0.05) is 35.9 Å². The molecule has 4 rings (SSSR count). The first-order valence-corrected chi connectivity index (χ1v) is 10.8. The van der Waals surface area contributed by atoms with Crippen molar-refractivity contribution < 1.29 is 19.2 Å². The van der Waals surface area contributed by atoms with Crippen molar-refractivity contribution in [3.63, 3.8) is 0 Å². The number of nitrogens with one attached hydrogen (secondary N) is 1. The topological polar surface area (TPSA) is 86.8 Å². The number of carbonyl (C=O) groups is 4. The molecule has 0 aromatic heterocycles. The number of urea groups is 1. The number of amides is 5. The number of carbonyl (C=O) groups excluding carboxylic acids is 4. The number of aryl methyl sites for hydroxylation is 1. The smallest absolute Gasteiger partial charge is 0.334 e. The van der Waals surface area contributed by atoms with E-state index in [1.54, 1.807) is 0 Å². The highest BCUT2D eigenvalue weighted by Crippen LogP contribution is 2.29. The lowest BCUT2D eigenvalue weighted by atomic mass is 9.88. The molecule has 1 aromatic rings. The summed E-state index contributed by atoms with van der Waals surface area (Å²) in [6.07, 6.45) is 9.77. The number of fused-ring (bicyclic) bond motifs is 1. The summed E-state index contributed by atoms with van der Waals surface area (Å²) in [7, 11) is 0. The highest BCUT2D eigenvalue weighted by Gasteiger charge is 2.45. The Kier molecular flexibility index (Phi) is 5.97. The molecular formula is C23H27N3O4. The van der Waals surface area contributed by atoms with Crippen molar-refractivity contribution in [1.82, 2.24) is 15.1 Å². The molecule has 0 radical (unpaired) electrons. The van der Waals surface area contributed by atoms with Crippen LogP contribution in [-0.4, -0.2) is 46.6 Å². The van der Waals surface area contributed by atoms with Crippen molar-refractivity contribution in [2.75, 3.05) is 13.1 Å². The van der Waals surface area contributed by atoms with Crippen LogP contribution in [0.3, 0.4) is 0 Å². The van der Waals surface area contributed by atoms with Gasteiger partial charge < -0.3 is 5.32 Å². The van der Waals surface area contributed by atoms with Gasteiger partial charge in [-0.05, 0) is 62.5 Å². The molecule has 1 fully saturated rings. The second-order valence-corrected chi connectivity index (χ2v) is 8.20. The quantitative estimate of drug-likeness (QED) is 0.445. The van der Waals surface area contributed by atoms with Gasteiger partial charge in [-0.3, -0.25) is 19.3 Å². The lowest BCUT2D eigenvalue weighted by Gasteiger charge is -2.27. The number of benzene rings is 1. The normalized spacial score (nSPS) is 21.5. The summed E-state index contributed by atoms with van der Waals surface area (Å²) in [5, 5.41) is 2.93. The summed E-state index contributed by atoms with van der Waals surface area (Å²) in [6, 6.07) is 7.14. The summed E-state index contributed by atoms with van der Waals surface area (Å²) >= 11 is 0. The highest BCUT2D eigenvalue weighted by molar-refractivity contribution is 6.45. The summed E-state index contributed by atoms with van der Waals surface area (Å²) in [5.74, 6) is -2.19. The number of hydrogen-bond donors (Lipinski definition) is 1. The molecule has 1 aromatic carbocycles. The molecule has 0 spiro atoms. The second kappa shape index (κ2) is 8.81. The van der Waals surface area contributed by atoms with Crippen LogP contribution in [0.4, 0.5) is 4.79 Å². The Hall–Kier alpha value is -2.96. The molecule has 3 aliphatic rings. The summed E-state index contributed by atoms with van der Waals surface area (Å²) in [4.78, 5) is 51.6. The van der Waals surface area contributed by atoms with Gasteiger partial charge in [-0.25, -0.2) is 9.69 Å². The van der Waals surface area contributed by atoms with Crippen molar-refractivity contribution in [1.29, 1.82) is 0 Å². The first-order valence-electron chi connectivity index (χ1n) is 10.8. The monoisotopic (exact) mass is 409 g/mol. The predicted octanol–water partition coefficient (Wildman–Crippen LogP) is 2.86. The minimum Gasteiger partial charge on any atom is -0.348 e. The van der Waals surface area contributed by atoms with Gasteiger partial charge in [0, 0.05) is 6.54 Å². The zero-order chi connectivity index (χ0) is 21.1. The van der Waals surface area contributed by atoms with Crippen LogP contribution in [0, 0.1) is 0 Å². The van der Waals surface area contributed by atoms with Crippen molar-refractivity contribution in [2.24, 2.45) is 0 Å². The van der Waals surface area contributed by atoms with E-state index in [0.717, 1.165) is 60.3 Å². The molecule has 5 amide bonds. The average Bonchev–Trinajstić information content (AvgIpc) is 2.96. The van der Waals surface area contributed by atoms with Crippen molar-refractivity contribution in [2.45, 2.75) is 57.4 Å². The van der Waals surface area contributed by atoms with E-state index in [9.17, 15) is 19.2 Å². The first kappa shape index (κ1) is 20.3. The summed E-state index contributed by atoms with van der Waals surface area (Å²) in [5.41, 5.74) is 3.51. The molecule has 0 saturated carbocycles. The van der Waals surface area contributed by atoms with Crippen LogP contribution in [0.5, 0.6) is 0 Å². The third-order valence-corrected chi connectivity index (χ3v) is 6.18. The van der Waals surface area contributed by atoms with E-state index in [2.05, 4.69) is 17.5 Å². The van der Waals surface area contributed by atoms with Crippen molar-refractivity contribution in [3.05, 3.63) is 47.0 Å². The Labute approximate surface area is 176 Å². The molecule has 0 unspecified atom stereocenters. The van der Waals surface area contributed by atoms with Gasteiger partial charge in [0.2, 0.25) is 5.91 Å². The fourth-order valence-corrected chi connectivity index (χ4v) is 4.56. The van der Waals surface area contributed by atoms with E-state index >= 15 is 0 Å². The number of imide groups is 2. The van der Waals surface area contributed by atoms with Crippen LogP contribution >= 0.6 is 0 Å². The Morgan fingerprint density at radius 3 is 2.60 bits per heavy atom. The summed E-state index contributed by atoms with van der Waals surface area (Å²) < 4.78 is 0. The van der Waals surface area contributed by atoms with Crippen LogP contribution in [0.15, 0.2) is 35.9 Å². The molecule has 1 heterocycles. The first-order chi connectivity index (χ1) is 14.5. The van der Waals surface area contributed by atoms with Gasteiger partial charge in [-0.2, -0.15) is 0 Å². The number of rotatable bonds is 6. The maximum Gasteiger partial charge on any atom is 0.334 e. The third kappa shape index (κ3) is 4.15. The zero-order valence-electron chi connectivity index (χ0n) is 17.1. The SMILES string of the molecule is O=C(CN1C(=O)C(=O)N(CCC2=CCCCC2)C1=O)N[C@H]1CCCc2ccccc21. The Balaban J connectivity index is 1.36. The van der Waals surface area contributed by atoms with Crippen molar-refractivity contribution >= 4 is 23.8 Å². The van der Waals surface area contributed by atoms with Gasteiger partial charge in [0.05, 0.1) is 6.04 Å². The molecule has 0 bridgehead atoms. The maximum absolute atomic E-state index is 12.6. The van der Waals surface area contributed by atoms with Crippen LogP contribution in [0.1, 0.15) is 62.1 Å². The Morgan fingerprint density at radius 2 is 1.80 bits per heavy atom. The van der Waals surface area contributed by atoms with E-state index in [-0.39, 0.29) is 12.6 Å². The largest absolute Gasteiger partial charge is 0.348 e. The highest BCUT2D eigenvalue weighted by atomic mass is 16.2. The molecule has 1 atom stereocenters. The lowest BCUT2D eigenvalue weighted by Crippen LogP contribution is -2.43. The zero-order valence-corrected chi connectivity index (χ0v) is 17.1. The average molecular weight is 409 g/mol. The van der Waals surface area contributed by atoms with Crippen LogP contribution in [-0.2, 0) is 20.8 Å². The van der Waals surface area contributed by atoms with E-state index < -0.39 is 30.3 Å². The molecular weight excluding hydrogens is 382 g/mol. The molecule has 1 aliphatic heterocycles. The molecule has 2 aliphatic carbocycles. The third-order valence-electron chi connectivity index (χ3n) is 6.18. The molecule has 7 nitrogen and oxygen atoms in total. The molecule has 158 valence electrons. The predicted molar refractivity (Wildman–Crippen MR) is 110 cm³/mol. The Bertz CT molecular complexity index is 907. The van der Waals surface area contributed by atoms with Crippen LogP contribution in [0.25, 0.3) is 0 Å². The Morgan fingerprint density at radius 1 is 1.00 bits per heavy atom. The minimum absolute atomic E-state index is 0.139. The van der Waals surface area contributed by atoms with Gasteiger partial charge in [0.1, 0.15) is 6.54 Å². The molecule has 30 heavy (non-hydrogen) atoms. The van der Waals surface area contributed by atoms with Gasteiger partial charge in [-0.15, -0.1) is 0 Å². The molecule has 7 heteroatoms. The van der Waals surface area contributed by atoms with Gasteiger partial charge in [0.15, 0.2) is 0 Å². The van der Waals surface area contributed by atoms with Gasteiger partial charge in [0.25, 0.3) is 0 Å². The maximum atomic E-state index is 12.6. The number of nitrogens with zero attached hydrogens (tertiary/aromatic N) is 2. The number of allylic oxidation sites excluding steroid dienone is 1. The van der Waals surface area contributed by atoms with E-state index in [1.165, 1.54) is 11.1 Å². The van der Waals surface area contributed by atoms with Crippen LogP contribution < -0.4 is 5.32 Å². The summed E-state index contributed by atoms with van der Waals surface area (Å²) in [6.45, 7) is -0.245. The molecule has 1 N–H and O–H groups in total. The van der Waals surface area contributed by atoms with E-state index in [4.69, 9.17) is 0 Å². The lowest BCUT2D eigenvalue weighted by molar-refractivity contribution is -0.144. The fourth-order valence-electron chi connectivity index (χ4n) is 4.56. The van der Waals surface area contributed by atoms with Crippen molar-refractivity contribution in [3.8, 4) is 0 Å². The standard InChI is InChI=1S/C23H27N3O4/c27-20(24-19-12-6-10-17-9-4-5-11-18(17)19)15-26-22(29)21(28)25(23(26)30)14-13-16-7-2-1-3-8-16/h4-5,7,9,11,19H,1-3,6,8,10,12-15H2,(H,24,27)/t19-/m0/s1. The van der Waals surface area contributed by atoms with Crippen LogP contribution in [0.2, 0.25) is 0 Å².